The fraction of sp³-hybridized carbons (Fsp3) is 0.316. The van der Waals surface area contributed by atoms with Gasteiger partial charge in [-0.3, -0.25) is 9.13 Å². The number of aromatic nitrogens is 8. The van der Waals surface area contributed by atoms with Gasteiger partial charge in [0.2, 0.25) is 11.9 Å². The molecular weight excluding hydrogens is 923 g/mol. The lowest BCUT2D eigenvalue weighted by atomic mass is 9.94. The number of anilines is 2. The second kappa shape index (κ2) is 22.7. The van der Waals surface area contributed by atoms with Gasteiger partial charge in [0.15, 0.2) is 0 Å². The highest BCUT2D eigenvalue weighted by Crippen LogP contribution is 2.34. The summed E-state index contributed by atoms with van der Waals surface area (Å²) >= 11 is 0. The third-order valence-electron chi connectivity index (χ3n) is 13.0. The molecule has 2 atom stereocenters. The molecule has 6 heterocycles. The van der Waals surface area contributed by atoms with E-state index in [1.165, 1.54) is 24.3 Å². The molecule has 3 N–H and O–H groups in total. The van der Waals surface area contributed by atoms with Gasteiger partial charge >= 0.3 is 6.09 Å². The van der Waals surface area contributed by atoms with Crippen molar-refractivity contribution in [2.75, 3.05) is 36.8 Å². The Morgan fingerprint density at radius 1 is 0.603 bits per heavy atom. The number of benzene rings is 4. The van der Waals surface area contributed by atoms with E-state index in [0.717, 1.165) is 84.1 Å². The van der Waals surface area contributed by atoms with Gasteiger partial charge in [-0.2, -0.15) is 9.97 Å². The lowest BCUT2D eigenvalue weighted by molar-refractivity contribution is 0.0204. The van der Waals surface area contributed by atoms with Gasteiger partial charge in [0.1, 0.15) is 40.5 Å². The molecule has 2 aliphatic heterocycles. The Balaban J connectivity index is 0.000000183. The molecular formula is C57H62F2N12O2. The number of nitrogens with one attached hydrogen (secondary N) is 3. The van der Waals surface area contributed by atoms with Gasteiger partial charge in [0, 0.05) is 60.8 Å². The minimum atomic E-state index is -0.527. The molecule has 14 nitrogen and oxygen atoms in total. The summed E-state index contributed by atoms with van der Waals surface area (Å²) in [6.07, 6.45) is 10.9. The number of hydrogen-bond acceptors (Lipinski definition) is 11. The van der Waals surface area contributed by atoms with Crippen molar-refractivity contribution in [1.29, 1.82) is 0 Å². The summed E-state index contributed by atoms with van der Waals surface area (Å²) in [7, 11) is 0. The lowest BCUT2D eigenvalue weighted by Gasteiger charge is -2.32. The van der Waals surface area contributed by atoms with Crippen LogP contribution in [0.2, 0.25) is 0 Å². The fourth-order valence-electron chi connectivity index (χ4n) is 9.09. The van der Waals surface area contributed by atoms with E-state index >= 15 is 0 Å². The number of hydrogen-bond donors (Lipinski definition) is 3. The fourth-order valence-corrected chi connectivity index (χ4v) is 9.09. The first kappa shape index (κ1) is 50.1. The van der Waals surface area contributed by atoms with E-state index in [9.17, 15) is 13.6 Å². The highest BCUT2D eigenvalue weighted by atomic mass is 19.1. The number of ether oxygens (including phenoxy) is 1. The molecule has 10 rings (SSSR count). The summed E-state index contributed by atoms with van der Waals surface area (Å²) in [5.41, 5.74) is 5.35. The first-order valence-corrected chi connectivity index (χ1v) is 25.0. The maximum Gasteiger partial charge on any atom is 0.410 e. The Kier molecular flexibility index (Phi) is 15.6. The molecule has 0 saturated carbocycles. The van der Waals surface area contributed by atoms with E-state index in [1.54, 1.807) is 41.6 Å². The van der Waals surface area contributed by atoms with Crippen molar-refractivity contribution in [3.05, 3.63) is 180 Å². The molecule has 376 valence electrons. The largest absolute Gasteiger partial charge is 0.444 e. The molecule has 2 fully saturated rings. The minimum absolute atomic E-state index is 0.0153. The molecule has 2 saturated heterocycles. The molecule has 16 heteroatoms. The maximum atomic E-state index is 13.7. The average Bonchev–Trinajstić information content (AvgIpc) is 4.07. The molecule has 73 heavy (non-hydrogen) atoms. The number of carbonyl (C=O) groups excluding carboxylic acids is 1. The molecule has 4 aromatic carbocycles. The van der Waals surface area contributed by atoms with E-state index < -0.39 is 5.60 Å². The van der Waals surface area contributed by atoms with Crippen molar-refractivity contribution in [3.63, 3.8) is 0 Å². The smallest absolute Gasteiger partial charge is 0.410 e. The van der Waals surface area contributed by atoms with E-state index in [-0.39, 0.29) is 35.7 Å². The lowest BCUT2D eigenvalue weighted by Crippen LogP contribution is -2.41. The van der Waals surface area contributed by atoms with Crippen LogP contribution in [0.15, 0.2) is 146 Å². The van der Waals surface area contributed by atoms with Crippen molar-refractivity contribution in [3.8, 4) is 34.4 Å². The van der Waals surface area contributed by atoms with Gasteiger partial charge in [-0.25, -0.2) is 33.5 Å². The normalized spacial score (nSPS) is 15.2. The van der Waals surface area contributed by atoms with Gasteiger partial charge < -0.3 is 25.6 Å². The number of halogens is 2. The quantitative estimate of drug-likeness (QED) is 0.107. The van der Waals surface area contributed by atoms with Gasteiger partial charge in [0.25, 0.3) is 0 Å². The molecule has 0 unspecified atom stereocenters. The maximum absolute atomic E-state index is 13.7. The molecule has 2 aliphatic rings. The highest BCUT2D eigenvalue weighted by Gasteiger charge is 2.30. The number of amides is 1. The monoisotopic (exact) mass is 985 g/mol. The summed E-state index contributed by atoms with van der Waals surface area (Å²) in [4.78, 5) is 42.7. The highest BCUT2D eigenvalue weighted by molar-refractivity contribution is 5.68. The van der Waals surface area contributed by atoms with Crippen LogP contribution in [-0.2, 0) is 4.74 Å². The van der Waals surface area contributed by atoms with Crippen LogP contribution in [0.3, 0.4) is 0 Å². The molecule has 0 radical (unpaired) electrons. The zero-order chi connectivity index (χ0) is 50.9. The van der Waals surface area contributed by atoms with Gasteiger partial charge in [-0.1, -0.05) is 60.7 Å². The zero-order valence-corrected chi connectivity index (χ0v) is 41.9. The summed E-state index contributed by atoms with van der Waals surface area (Å²) in [5.74, 6) is 3.84. The van der Waals surface area contributed by atoms with Crippen molar-refractivity contribution in [1.82, 2.24) is 49.3 Å². The Morgan fingerprint density at radius 3 is 1.45 bits per heavy atom. The predicted molar refractivity (Wildman–Crippen MR) is 281 cm³/mol. The Hall–Kier alpha value is -7.85. The molecule has 4 aromatic heterocycles. The first-order chi connectivity index (χ1) is 35.3. The number of nitrogens with zero attached hydrogens (tertiary/aromatic N) is 9. The predicted octanol–water partition coefficient (Wildman–Crippen LogP) is 11.9. The van der Waals surface area contributed by atoms with Gasteiger partial charge in [-0.15, -0.1) is 0 Å². The Labute approximate surface area is 425 Å². The number of imidazole rings is 2. The van der Waals surface area contributed by atoms with Crippen LogP contribution in [0.1, 0.15) is 107 Å². The van der Waals surface area contributed by atoms with E-state index in [0.29, 0.717) is 42.5 Å². The standard InChI is InChI=1S/C31H35FN6O2.C26H27FN6/c1-21(22-8-6-5-7-9-22)34-29-33-17-14-27(36-29)38-20-26(35-28(38)24-10-12-25(32)13-11-24)23-15-18-37(19-16-23)30(39)40-31(2,3)4;1-18(19-5-3-2-4-6-19)30-26-29-16-13-24(32-26)33-17-23(20-11-14-28-15-12-20)31-25(33)21-7-9-22(27)10-8-21/h5-14,17,20-21,23H,15-16,18-19H2,1-4H3,(H,33,34,36);2-10,13,16-18,20,28H,11-12,14-15H2,1H3,(H,29,30,32)/t21-;18-/m00/s1. The number of piperidine rings is 2. The number of likely N-dealkylation sites (tertiary alicyclic amines) is 1. The van der Waals surface area contributed by atoms with E-state index in [2.05, 4.69) is 70.2 Å². The number of rotatable bonds is 12. The Bertz CT molecular complexity index is 3060. The van der Waals surface area contributed by atoms with E-state index in [4.69, 9.17) is 24.7 Å². The summed E-state index contributed by atoms with van der Waals surface area (Å²) in [6.45, 7) is 12.9. The molecule has 0 bridgehead atoms. The molecule has 0 aliphatic carbocycles. The van der Waals surface area contributed by atoms with Gasteiger partial charge in [0.05, 0.1) is 23.5 Å². The van der Waals surface area contributed by atoms with Crippen LogP contribution in [-0.4, -0.2) is 81.8 Å². The van der Waals surface area contributed by atoms with Crippen LogP contribution in [0.4, 0.5) is 25.5 Å². The van der Waals surface area contributed by atoms with Crippen LogP contribution in [0, 0.1) is 11.6 Å². The third kappa shape index (κ3) is 12.8. The van der Waals surface area contributed by atoms with Crippen LogP contribution in [0.5, 0.6) is 0 Å². The Morgan fingerprint density at radius 2 is 1.03 bits per heavy atom. The minimum Gasteiger partial charge on any atom is -0.444 e. The molecule has 0 spiro atoms. The van der Waals surface area contributed by atoms with Crippen LogP contribution >= 0.6 is 0 Å². The summed E-state index contributed by atoms with van der Waals surface area (Å²) < 4.78 is 36.8. The zero-order valence-electron chi connectivity index (χ0n) is 41.9. The van der Waals surface area contributed by atoms with Crippen LogP contribution < -0.4 is 16.0 Å². The molecule has 1 amide bonds. The van der Waals surface area contributed by atoms with Crippen molar-refractivity contribution in [2.24, 2.45) is 0 Å². The van der Waals surface area contributed by atoms with Crippen molar-refractivity contribution < 1.29 is 18.3 Å². The number of carbonyl (C=O) groups is 1. The van der Waals surface area contributed by atoms with Crippen molar-refractivity contribution >= 4 is 18.0 Å². The van der Waals surface area contributed by atoms with Gasteiger partial charge in [-0.05, 0) is 145 Å². The van der Waals surface area contributed by atoms with Crippen LogP contribution in [0.25, 0.3) is 34.4 Å². The van der Waals surface area contributed by atoms with E-state index in [1.807, 2.05) is 84.6 Å². The summed E-state index contributed by atoms with van der Waals surface area (Å²) in [6, 6.07) is 36.9. The first-order valence-electron chi connectivity index (χ1n) is 25.0. The average molecular weight is 985 g/mol. The summed E-state index contributed by atoms with van der Waals surface area (Å²) in [5, 5.41) is 10.2. The van der Waals surface area contributed by atoms with Crippen molar-refractivity contribution in [2.45, 2.75) is 89.8 Å². The third-order valence-corrected chi connectivity index (χ3v) is 13.0. The second-order valence-electron chi connectivity index (χ2n) is 19.5. The second-order valence-corrected chi connectivity index (χ2v) is 19.5. The topological polar surface area (TPSA) is 153 Å². The molecule has 8 aromatic rings. The SMILES string of the molecule is C[C@H](Nc1nccc(-n2cc(C3CCN(C(=O)OC(C)(C)C)CC3)nc2-c2ccc(F)cc2)n1)c1ccccc1.C[C@H](Nc1nccc(-n2cc(C3CCNCC3)nc2-c2ccc(F)cc2)n1)c1ccccc1.